The molecule has 0 N–H and O–H groups in total. The quantitative estimate of drug-likeness (QED) is 0.797. The fraction of sp³-hybridized carbons (Fsp3) is 0.450. The van der Waals surface area contributed by atoms with Crippen LogP contribution in [-0.2, 0) is 17.6 Å². The van der Waals surface area contributed by atoms with E-state index in [0.717, 1.165) is 31.7 Å². The first kappa shape index (κ1) is 14.7. The zero-order valence-electron chi connectivity index (χ0n) is 13.5. The highest BCUT2D eigenvalue weighted by atomic mass is 16.5. The number of nitrogens with zero attached hydrogens (tertiary/aromatic N) is 1. The summed E-state index contributed by atoms with van der Waals surface area (Å²) in [5.41, 5.74) is 5.22. The van der Waals surface area contributed by atoms with Gasteiger partial charge in [-0.2, -0.15) is 0 Å². The highest BCUT2D eigenvalue weighted by Crippen LogP contribution is 2.33. The Morgan fingerprint density at radius 3 is 2.74 bits per heavy atom. The van der Waals surface area contributed by atoms with Crippen LogP contribution in [0.3, 0.4) is 0 Å². The van der Waals surface area contributed by atoms with Crippen molar-refractivity contribution in [2.24, 2.45) is 0 Å². The van der Waals surface area contributed by atoms with Gasteiger partial charge in [-0.25, -0.2) is 4.98 Å². The summed E-state index contributed by atoms with van der Waals surface area (Å²) >= 11 is 0. The van der Waals surface area contributed by atoms with E-state index in [9.17, 15) is 0 Å². The number of ether oxygens (including phenoxy) is 2. The van der Waals surface area contributed by atoms with Crippen LogP contribution in [0, 0.1) is 0 Å². The summed E-state index contributed by atoms with van der Waals surface area (Å²) in [7, 11) is 0. The molecule has 23 heavy (non-hydrogen) atoms. The molecule has 1 aromatic heterocycles. The summed E-state index contributed by atoms with van der Waals surface area (Å²) in [4.78, 5) is 4.85. The van der Waals surface area contributed by atoms with E-state index in [4.69, 9.17) is 14.5 Å². The number of rotatable bonds is 3. The number of aromatic nitrogens is 1. The summed E-state index contributed by atoms with van der Waals surface area (Å²) < 4.78 is 11.5. The molecule has 0 bridgehead atoms. The molecule has 1 saturated heterocycles. The largest absolute Gasteiger partial charge is 0.472 e. The number of benzene rings is 1. The van der Waals surface area contributed by atoms with Gasteiger partial charge in [-0.15, -0.1) is 0 Å². The van der Waals surface area contributed by atoms with Crippen molar-refractivity contribution in [3.05, 3.63) is 47.7 Å². The number of fused-ring (bicyclic) bond motifs is 1. The Balaban J connectivity index is 1.75. The van der Waals surface area contributed by atoms with Crippen LogP contribution in [0.5, 0.6) is 5.88 Å². The van der Waals surface area contributed by atoms with Crippen molar-refractivity contribution in [1.82, 2.24) is 4.98 Å². The van der Waals surface area contributed by atoms with Crippen molar-refractivity contribution in [3.63, 3.8) is 0 Å². The Morgan fingerprint density at radius 1 is 1.04 bits per heavy atom. The van der Waals surface area contributed by atoms with E-state index in [1.165, 1.54) is 41.6 Å². The molecule has 1 aliphatic carbocycles. The maximum atomic E-state index is 6.11. The molecule has 0 amide bonds. The SMILES string of the molecule is c1ccc(-c2cc(O[C@@H]3CCOC3)nc3c2CCCCC3)cc1. The second-order valence-electron chi connectivity index (χ2n) is 6.46. The van der Waals surface area contributed by atoms with Crippen LogP contribution in [0.1, 0.15) is 36.9 Å². The van der Waals surface area contributed by atoms with E-state index < -0.39 is 0 Å². The molecule has 3 heteroatoms. The van der Waals surface area contributed by atoms with Crippen LogP contribution in [0.4, 0.5) is 0 Å². The van der Waals surface area contributed by atoms with E-state index >= 15 is 0 Å². The third-order valence-corrected chi connectivity index (χ3v) is 4.79. The first-order valence-electron chi connectivity index (χ1n) is 8.73. The number of aryl methyl sites for hydroxylation is 1. The van der Waals surface area contributed by atoms with Crippen LogP contribution >= 0.6 is 0 Å². The van der Waals surface area contributed by atoms with Crippen molar-refractivity contribution in [2.45, 2.75) is 44.6 Å². The summed E-state index contributed by atoms with van der Waals surface area (Å²) in [5, 5.41) is 0. The van der Waals surface area contributed by atoms with E-state index in [1.807, 2.05) is 0 Å². The Morgan fingerprint density at radius 2 is 1.91 bits per heavy atom. The van der Waals surface area contributed by atoms with Crippen LogP contribution < -0.4 is 4.74 Å². The third-order valence-electron chi connectivity index (χ3n) is 4.79. The lowest BCUT2D eigenvalue weighted by molar-refractivity contribution is 0.138. The predicted molar refractivity (Wildman–Crippen MR) is 90.8 cm³/mol. The number of hydrogen-bond donors (Lipinski definition) is 0. The van der Waals surface area contributed by atoms with E-state index in [1.54, 1.807) is 0 Å². The average Bonchev–Trinajstić information content (AvgIpc) is 2.98. The normalized spacial score (nSPS) is 20.8. The highest BCUT2D eigenvalue weighted by molar-refractivity contribution is 5.69. The van der Waals surface area contributed by atoms with E-state index in [2.05, 4.69) is 36.4 Å². The van der Waals surface area contributed by atoms with Gasteiger partial charge in [-0.3, -0.25) is 0 Å². The lowest BCUT2D eigenvalue weighted by Gasteiger charge is -2.17. The van der Waals surface area contributed by atoms with Gasteiger partial charge >= 0.3 is 0 Å². The molecule has 2 aliphatic rings. The molecule has 0 saturated carbocycles. The number of pyridine rings is 1. The molecule has 1 atom stereocenters. The van der Waals surface area contributed by atoms with Crippen molar-refractivity contribution in [3.8, 4) is 17.0 Å². The van der Waals surface area contributed by atoms with Gasteiger partial charge in [-0.1, -0.05) is 36.8 Å². The molecule has 0 spiro atoms. The summed E-state index contributed by atoms with van der Waals surface area (Å²) in [5.74, 6) is 0.764. The highest BCUT2D eigenvalue weighted by Gasteiger charge is 2.21. The van der Waals surface area contributed by atoms with Gasteiger partial charge in [0.15, 0.2) is 0 Å². The maximum Gasteiger partial charge on any atom is 0.214 e. The molecule has 2 aromatic rings. The molecule has 4 rings (SSSR count). The molecule has 0 radical (unpaired) electrons. The molecule has 0 unspecified atom stereocenters. The molecular formula is C20H23NO2. The Labute approximate surface area is 137 Å². The smallest absolute Gasteiger partial charge is 0.214 e. The fourth-order valence-electron chi connectivity index (χ4n) is 3.57. The van der Waals surface area contributed by atoms with Crippen LogP contribution in [0.2, 0.25) is 0 Å². The Bertz CT molecular complexity index is 663. The van der Waals surface area contributed by atoms with E-state index in [0.29, 0.717) is 6.61 Å². The van der Waals surface area contributed by atoms with Crippen LogP contribution in [-0.4, -0.2) is 24.3 Å². The third kappa shape index (κ3) is 3.25. The van der Waals surface area contributed by atoms with Crippen LogP contribution in [0.15, 0.2) is 36.4 Å². The van der Waals surface area contributed by atoms with Gasteiger partial charge in [0.25, 0.3) is 0 Å². The first-order chi connectivity index (χ1) is 11.4. The molecule has 120 valence electrons. The van der Waals surface area contributed by atoms with Crippen molar-refractivity contribution < 1.29 is 9.47 Å². The zero-order chi connectivity index (χ0) is 15.5. The zero-order valence-corrected chi connectivity index (χ0v) is 13.5. The maximum absolute atomic E-state index is 6.11. The Hall–Kier alpha value is -1.87. The summed E-state index contributed by atoms with van der Waals surface area (Å²) in [6.07, 6.45) is 7.06. The molecule has 3 nitrogen and oxygen atoms in total. The molecular weight excluding hydrogens is 286 g/mol. The minimum Gasteiger partial charge on any atom is -0.472 e. The molecule has 2 heterocycles. The van der Waals surface area contributed by atoms with Gasteiger partial charge in [-0.05, 0) is 42.4 Å². The van der Waals surface area contributed by atoms with Crippen molar-refractivity contribution in [1.29, 1.82) is 0 Å². The standard InChI is InChI=1S/C20H23NO2/c1-3-7-15(8-4-1)18-13-20(23-16-11-12-22-14-16)21-19-10-6-2-5-9-17(18)19/h1,3-4,7-8,13,16H,2,5-6,9-12,14H2/t16-/m1/s1. The minimum atomic E-state index is 0.148. The van der Waals surface area contributed by atoms with Gasteiger partial charge in [0.05, 0.1) is 13.2 Å². The minimum absolute atomic E-state index is 0.148. The van der Waals surface area contributed by atoms with Crippen molar-refractivity contribution in [2.75, 3.05) is 13.2 Å². The second-order valence-corrected chi connectivity index (χ2v) is 6.46. The van der Waals surface area contributed by atoms with Crippen molar-refractivity contribution >= 4 is 0 Å². The molecule has 1 fully saturated rings. The molecule has 1 aromatic carbocycles. The van der Waals surface area contributed by atoms with E-state index in [-0.39, 0.29) is 6.10 Å². The van der Waals surface area contributed by atoms with Gasteiger partial charge in [0.2, 0.25) is 5.88 Å². The summed E-state index contributed by atoms with van der Waals surface area (Å²) in [6.45, 7) is 1.47. The first-order valence-corrected chi connectivity index (χ1v) is 8.73. The lowest BCUT2D eigenvalue weighted by atomic mass is 9.96. The predicted octanol–water partition coefficient (Wildman–Crippen LogP) is 4.19. The lowest BCUT2D eigenvalue weighted by Crippen LogP contribution is -2.17. The van der Waals surface area contributed by atoms with Gasteiger partial charge in [0, 0.05) is 18.2 Å². The van der Waals surface area contributed by atoms with Gasteiger partial charge < -0.3 is 9.47 Å². The van der Waals surface area contributed by atoms with Crippen LogP contribution in [0.25, 0.3) is 11.1 Å². The Kier molecular flexibility index (Phi) is 4.29. The average molecular weight is 309 g/mol. The topological polar surface area (TPSA) is 31.4 Å². The number of hydrogen-bond acceptors (Lipinski definition) is 3. The molecule has 1 aliphatic heterocycles. The second kappa shape index (κ2) is 6.71. The van der Waals surface area contributed by atoms with Gasteiger partial charge in [0.1, 0.15) is 6.10 Å². The summed E-state index contributed by atoms with van der Waals surface area (Å²) in [6, 6.07) is 12.8. The monoisotopic (exact) mass is 309 g/mol. The fourth-order valence-corrected chi connectivity index (χ4v) is 3.57.